The second-order valence-electron chi connectivity index (χ2n) is 10.8. The predicted octanol–water partition coefficient (Wildman–Crippen LogP) is 4.22. The summed E-state index contributed by atoms with van der Waals surface area (Å²) in [6.07, 6.45) is 4.23. The van der Waals surface area contributed by atoms with Gasteiger partial charge >= 0.3 is 0 Å². The van der Waals surface area contributed by atoms with E-state index in [9.17, 15) is 19.5 Å². The van der Waals surface area contributed by atoms with Crippen LogP contribution in [-0.4, -0.2) is 71.2 Å². The molecule has 1 spiro atoms. The van der Waals surface area contributed by atoms with Gasteiger partial charge in [-0.3, -0.25) is 14.4 Å². The van der Waals surface area contributed by atoms with Crippen molar-refractivity contribution in [1.29, 1.82) is 0 Å². The molecule has 0 aromatic heterocycles. The lowest BCUT2D eigenvalue weighted by atomic mass is 9.70. The summed E-state index contributed by atoms with van der Waals surface area (Å²) in [6.45, 7) is 9.69. The lowest BCUT2D eigenvalue weighted by molar-refractivity contribution is -0.144. The molecule has 3 heterocycles. The highest BCUT2D eigenvalue weighted by Crippen LogP contribution is 2.59. The molecule has 8 nitrogen and oxygen atoms in total. The van der Waals surface area contributed by atoms with Crippen molar-refractivity contribution in [2.75, 3.05) is 29.5 Å². The molecule has 41 heavy (non-hydrogen) atoms. The summed E-state index contributed by atoms with van der Waals surface area (Å²) in [4.78, 5) is 47.9. The van der Waals surface area contributed by atoms with Gasteiger partial charge in [0.1, 0.15) is 11.6 Å². The van der Waals surface area contributed by atoms with E-state index >= 15 is 0 Å². The van der Waals surface area contributed by atoms with Gasteiger partial charge in [0.15, 0.2) is 0 Å². The van der Waals surface area contributed by atoms with Crippen LogP contribution in [-0.2, 0) is 19.1 Å². The normalized spacial score (nSPS) is 26.9. The smallest absolute Gasteiger partial charge is 0.253 e. The van der Waals surface area contributed by atoms with Crippen LogP contribution >= 0.6 is 11.6 Å². The fourth-order valence-corrected chi connectivity index (χ4v) is 7.05. The second kappa shape index (κ2) is 11.8. The van der Waals surface area contributed by atoms with E-state index in [0.717, 1.165) is 0 Å². The number of carbonyl (C=O) groups excluding carboxylic acids is 3. The summed E-state index contributed by atoms with van der Waals surface area (Å²) in [6, 6.07) is 14.5. The molecule has 3 amide bonds. The fraction of sp³-hybridized carbons (Fsp3) is 0.406. The molecule has 3 fully saturated rings. The summed E-state index contributed by atoms with van der Waals surface area (Å²) in [7, 11) is 0. The van der Waals surface area contributed by atoms with E-state index in [2.05, 4.69) is 13.2 Å². The SMILES string of the molecule is C=CCN(C(=O)C1N([C@@H](CC)CO)C(=O)[C@@H]2[C@@H](C(=O)N(CC=C)c3ccccc3)[C@H]3CCC12O3)c1ccc(Cl)cc1. The van der Waals surface area contributed by atoms with Gasteiger partial charge in [-0.1, -0.05) is 48.9 Å². The van der Waals surface area contributed by atoms with Gasteiger partial charge in [-0.25, -0.2) is 0 Å². The first-order chi connectivity index (χ1) is 19.8. The van der Waals surface area contributed by atoms with E-state index in [-0.39, 0.29) is 37.4 Å². The number of fused-ring (bicyclic) bond motifs is 1. The third kappa shape index (κ3) is 4.78. The highest BCUT2D eigenvalue weighted by molar-refractivity contribution is 6.30. The molecule has 2 unspecified atom stereocenters. The lowest BCUT2D eigenvalue weighted by Crippen LogP contribution is -2.59. The van der Waals surface area contributed by atoms with Crippen molar-refractivity contribution in [2.45, 2.75) is 50.0 Å². The Kier molecular flexibility index (Phi) is 8.36. The number of benzene rings is 2. The van der Waals surface area contributed by atoms with E-state index in [1.54, 1.807) is 46.2 Å². The molecular formula is C32H36ClN3O5. The molecule has 3 aliphatic heterocycles. The van der Waals surface area contributed by atoms with Crippen LogP contribution in [0.1, 0.15) is 26.2 Å². The second-order valence-corrected chi connectivity index (χ2v) is 11.3. The Morgan fingerprint density at radius 3 is 2.27 bits per heavy atom. The van der Waals surface area contributed by atoms with E-state index in [1.807, 2.05) is 37.3 Å². The molecule has 3 aliphatic rings. The van der Waals surface area contributed by atoms with Crippen LogP contribution in [0.15, 0.2) is 79.9 Å². The number of carbonyl (C=O) groups is 3. The molecule has 2 aromatic rings. The highest BCUT2D eigenvalue weighted by atomic mass is 35.5. The van der Waals surface area contributed by atoms with E-state index in [4.69, 9.17) is 16.3 Å². The van der Waals surface area contributed by atoms with Crippen molar-refractivity contribution in [3.8, 4) is 0 Å². The largest absolute Gasteiger partial charge is 0.394 e. The van der Waals surface area contributed by atoms with Crippen molar-refractivity contribution in [2.24, 2.45) is 11.8 Å². The molecule has 2 bridgehead atoms. The minimum Gasteiger partial charge on any atom is -0.394 e. The van der Waals surface area contributed by atoms with Gasteiger partial charge in [-0.05, 0) is 55.7 Å². The van der Waals surface area contributed by atoms with E-state index in [0.29, 0.717) is 35.7 Å². The van der Waals surface area contributed by atoms with Gasteiger partial charge in [0, 0.05) is 29.5 Å². The Morgan fingerprint density at radius 1 is 1.07 bits per heavy atom. The summed E-state index contributed by atoms with van der Waals surface area (Å²) in [5.41, 5.74) is 0.111. The number of amides is 3. The molecule has 3 saturated heterocycles. The van der Waals surface area contributed by atoms with Crippen molar-refractivity contribution >= 4 is 40.7 Å². The summed E-state index contributed by atoms with van der Waals surface area (Å²) in [5.74, 6) is -2.51. The number of hydrogen-bond acceptors (Lipinski definition) is 5. The molecule has 0 saturated carbocycles. The molecule has 0 aliphatic carbocycles. The number of anilines is 2. The van der Waals surface area contributed by atoms with Crippen LogP contribution in [0.5, 0.6) is 0 Å². The third-order valence-electron chi connectivity index (χ3n) is 8.69. The average molecular weight is 578 g/mol. The molecule has 9 heteroatoms. The van der Waals surface area contributed by atoms with Crippen LogP contribution < -0.4 is 9.80 Å². The zero-order chi connectivity index (χ0) is 29.3. The Bertz CT molecular complexity index is 1310. The van der Waals surface area contributed by atoms with Crippen molar-refractivity contribution in [1.82, 2.24) is 4.90 Å². The van der Waals surface area contributed by atoms with Gasteiger partial charge < -0.3 is 24.5 Å². The van der Waals surface area contributed by atoms with Gasteiger partial charge in [0.05, 0.1) is 30.6 Å². The number of nitrogens with zero attached hydrogens (tertiary/aromatic N) is 3. The minimum atomic E-state index is -1.19. The number of rotatable bonds is 11. The summed E-state index contributed by atoms with van der Waals surface area (Å²) in [5, 5.41) is 10.9. The zero-order valence-corrected chi connectivity index (χ0v) is 24.0. The number of ether oxygens (including phenoxy) is 1. The Hall–Kier alpha value is -3.46. The summed E-state index contributed by atoms with van der Waals surface area (Å²) < 4.78 is 6.63. The number of aliphatic hydroxyl groups excluding tert-OH is 1. The van der Waals surface area contributed by atoms with Crippen molar-refractivity contribution < 1.29 is 24.2 Å². The number of hydrogen-bond donors (Lipinski definition) is 1. The topological polar surface area (TPSA) is 90.4 Å². The number of para-hydroxylation sites is 1. The fourth-order valence-electron chi connectivity index (χ4n) is 6.92. The van der Waals surface area contributed by atoms with Crippen molar-refractivity contribution in [3.63, 3.8) is 0 Å². The van der Waals surface area contributed by atoms with Crippen LogP contribution in [0.25, 0.3) is 0 Å². The Balaban J connectivity index is 1.58. The number of aliphatic hydroxyl groups is 1. The van der Waals surface area contributed by atoms with Gasteiger partial charge in [0.25, 0.3) is 5.91 Å². The first kappa shape index (κ1) is 29.0. The molecule has 216 valence electrons. The van der Waals surface area contributed by atoms with E-state index < -0.39 is 35.6 Å². The van der Waals surface area contributed by atoms with Gasteiger partial charge in [0.2, 0.25) is 11.8 Å². The third-order valence-corrected chi connectivity index (χ3v) is 8.95. The quantitative estimate of drug-likeness (QED) is 0.404. The van der Waals surface area contributed by atoms with Gasteiger partial charge in [-0.2, -0.15) is 0 Å². The number of likely N-dealkylation sites (tertiary alicyclic amines) is 1. The molecule has 1 N–H and O–H groups in total. The minimum absolute atomic E-state index is 0.197. The first-order valence-electron chi connectivity index (χ1n) is 14.1. The van der Waals surface area contributed by atoms with Crippen LogP contribution in [0, 0.1) is 11.8 Å². The Labute approximate surface area is 245 Å². The maximum absolute atomic E-state index is 14.6. The number of halogens is 1. The summed E-state index contributed by atoms with van der Waals surface area (Å²) >= 11 is 6.12. The highest BCUT2D eigenvalue weighted by Gasteiger charge is 2.75. The lowest BCUT2D eigenvalue weighted by Gasteiger charge is -2.39. The first-order valence-corrected chi connectivity index (χ1v) is 14.5. The van der Waals surface area contributed by atoms with Crippen LogP contribution in [0.3, 0.4) is 0 Å². The molecular weight excluding hydrogens is 542 g/mol. The predicted molar refractivity (Wildman–Crippen MR) is 159 cm³/mol. The maximum Gasteiger partial charge on any atom is 0.253 e. The van der Waals surface area contributed by atoms with Gasteiger partial charge in [-0.15, -0.1) is 13.2 Å². The zero-order valence-electron chi connectivity index (χ0n) is 23.2. The molecule has 2 aromatic carbocycles. The standard InChI is InChI=1S/C32H36ClN3O5/c1-4-18-34(23-10-8-7-9-11-23)29(38)26-25-16-17-32(41-25)27(26)30(39)36(22(6-3)20-37)28(32)31(40)35(19-5-2)24-14-12-21(33)13-15-24/h4-5,7-15,22,25-28,37H,1-2,6,16-20H2,3H3/t22-,25+,26-,27-,28?,32?/m0/s1. The molecule has 5 rings (SSSR count). The van der Waals surface area contributed by atoms with Crippen molar-refractivity contribution in [3.05, 3.63) is 84.9 Å². The van der Waals surface area contributed by atoms with Crippen LogP contribution in [0.2, 0.25) is 5.02 Å². The molecule has 0 radical (unpaired) electrons. The maximum atomic E-state index is 14.6. The van der Waals surface area contributed by atoms with E-state index in [1.165, 1.54) is 4.90 Å². The Morgan fingerprint density at radius 2 is 1.68 bits per heavy atom. The molecule has 6 atom stereocenters. The average Bonchev–Trinajstić information content (AvgIpc) is 3.63. The van der Waals surface area contributed by atoms with Crippen LogP contribution in [0.4, 0.5) is 11.4 Å². The monoisotopic (exact) mass is 577 g/mol.